The predicted octanol–water partition coefficient (Wildman–Crippen LogP) is 3.87. The minimum atomic E-state index is -2.18. The van der Waals surface area contributed by atoms with Crippen molar-refractivity contribution < 1.29 is 29.6 Å². The molecular weight excluding hydrogens is 482 g/mol. The van der Waals surface area contributed by atoms with Gasteiger partial charge in [0.05, 0.1) is 12.0 Å². The van der Waals surface area contributed by atoms with Gasteiger partial charge < -0.3 is 24.6 Å². The number of esters is 1. The molecule has 38 heavy (non-hydrogen) atoms. The van der Waals surface area contributed by atoms with Gasteiger partial charge in [-0.2, -0.15) is 0 Å². The van der Waals surface area contributed by atoms with Crippen LogP contribution in [0.5, 0.6) is 0 Å². The molecule has 2 aromatic rings. The molecule has 1 heterocycles. The Balaban J connectivity index is 1.67. The molecule has 1 aromatic carbocycles. The largest absolute Gasteiger partial charge is 0.450 e. The zero-order valence-electron chi connectivity index (χ0n) is 23.3. The summed E-state index contributed by atoms with van der Waals surface area (Å²) in [6, 6.07) is 7.66. The molecule has 3 aliphatic carbocycles. The van der Waals surface area contributed by atoms with Gasteiger partial charge in [-0.1, -0.05) is 58.0 Å². The fourth-order valence-electron chi connectivity index (χ4n) is 7.69. The fraction of sp³-hybridized carbons (Fsp3) is 0.548. The van der Waals surface area contributed by atoms with E-state index in [-0.39, 0.29) is 23.2 Å². The molecule has 1 spiro atoms. The van der Waals surface area contributed by atoms with Gasteiger partial charge in [0.1, 0.15) is 11.8 Å². The average molecular weight is 522 g/mol. The molecule has 0 amide bonds. The molecule has 5 rings (SSSR count). The maximum Gasteiger partial charge on any atom is 0.355 e. The van der Waals surface area contributed by atoms with Gasteiger partial charge in [0, 0.05) is 23.9 Å². The van der Waals surface area contributed by atoms with E-state index >= 15 is 0 Å². The summed E-state index contributed by atoms with van der Waals surface area (Å²) in [5, 5.41) is 35.6. The van der Waals surface area contributed by atoms with Gasteiger partial charge in [-0.15, -0.1) is 0 Å². The quantitative estimate of drug-likeness (QED) is 0.418. The first kappa shape index (κ1) is 26.9. The molecule has 1 aromatic heterocycles. The van der Waals surface area contributed by atoms with Crippen molar-refractivity contribution in [1.82, 2.24) is 4.57 Å². The number of rotatable bonds is 3. The van der Waals surface area contributed by atoms with Crippen LogP contribution in [-0.2, 0) is 16.6 Å². The van der Waals surface area contributed by atoms with Crippen molar-refractivity contribution in [3.05, 3.63) is 58.8 Å². The monoisotopic (exact) mass is 521 g/mol. The number of ether oxygens (including phenoxy) is 1. The van der Waals surface area contributed by atoms with Crippen LogP contribution in [0.3, 0.4) is 0 Å². The van der Waals surface area contributed by atoms with Gasteiger partial charge in [0.2, 0.25) is 0 Å². The van der Waals surface area contributed by atoms with Gasteiger partial charge >= 0.3 is 5.97 Å². The molecule has 0 saturated heterocycles. The third-order valence-electron chi connectivity index (χ3n) is 10.3. The number of hydrogen-bond acceptors (Lipinski definition) is 6. The number of aliphatic hydroxyl groups excluding tert-OH is 2. The van der Waals surface area contributed by atoms with E-state index in [9.17, 15) is 24.9 Å². The molecule has 3 N–H and O–H groups in total. The standard InChI is InChI=1S/C31H39NO6/c1-16-14-30-18(3)12-17(2)29(5,6)22(26(30)35)13-20(15-33)25(34)31(30,37)27(16)38-28(36)24-19(4)21-10-8-9-11-23(21)32(24)7/h8-11,13-14,17-18,22,25,27,33-34,37H,12,15H2,1-7H3/t17-,18+,22+,25+,27-,30-,31-/m0/s1. The summed E-state index contributed by atoms with van der Waals surface area (Å²) in [5.41, 5.74) is -1.48. The van der Waals surface area contributed by atoms with E-state index in [1.54, 1.807) is 30.7 Å². The second kappa shape index (κ2) is 8.63. The molecule has 7 heteroatoms. The number of benzene rings is 1. The van der Waals surface area contributed by atoms with Gasteiger partial charge in [0.15, 0.2) is 17.5 Å². The smallest absolute Gasteiger partial charge is 0.355 e. The molecule has 0 aliphatic heterocycles. The summed E-state index contributed by atoms with van der Waals surface area (Å²) in [6.07, 6.45) is 1.15. The first-order valence-corrected chi connectivity index (χ1v) is 13.5. The van der Waals surface area contributed by atoms with Crippen LogP contribution in [0.2, 0.25) is 0 Å². The van der Waals surface area contributed by atoms with Crippen molar-refractivity contribution in [3.63, 3.8) is 0 Å². The lowest BCUT2D eigenvalue weighted by atomic mass is 9.59. The maximum absolute atomic E-state index is 14.5. The van der Waals surface area contributed by atoms with Crippen LogP contribution < -0.4 is 0 Å². The number of Topliss-reactive ketones (excluding diaryl/α,β-unsaturated/α-hetero) is 1. The van der Waals surface area contributed by atoms with E-state index in [0.717, 1.165) is 16.5 Å². The lowest BCUT2D eigenvalue weighted by molar-refractivity contribution is -0.190. The summed E-state index contributed by atoms with van der Waals surface area (Å²) in [7, 11) is 1.79. The lowest BCUT2D eigenvalue weighted by Crippen LogP contribution is -2.65. The first-order valence-electron chi connectivity index (χ1n) is 13.5. The lowest BCUT2D eigenvalue weighted by Gasteiger charge is -2.48. The zero-order chi connectivity index (χ0) is 27.9. The molecule has 1 fully saturated rings. The van der Waals surface area contributed by atoms with E-state index < -0.39 is 47.1 Å². The second-order valence-electron chi connectivity index (χ2n) is 12.4. The highest BCUT2D eigenvalue weighted by Crippen LogP contribution is 2.62. The van der Waals surface area contributed by atoms with Crippen LogP contribution in [0.4, 0.5) is 0 Å². The summed E-state index contributed by atoms with van der Waals surface area (Å²) in [5.74, 6) is -1.71. The number of para-hydroxylation sites is 1. The summed E-state index contributed by atoms with van der Waals surface area (Å²) in [4.78, 5) is 28.3. The van der Waals surface area contributed by atoms with E-state index in [1.807, 2.05) is 52.0 Å². The number of aliphatic hydroxyl groups is 3. The third kappa shape index (κ3) is 3.18. The topological polar surface area (TPSA) is 109 Å². The first-order chi connectivity index (χ1) is 17.7. The molecule has 204 valence electrons. The Labute approximate surface area is 223 Å². The maximum atomic E-state index is 14.5. The number of fused-ring (bicyclic) bond motifs is 2. The Morgan fingerprint density at radius 2 is 1.82 bits per heavy atom. The number of hydrogen-bond donors (Lipinski definition) is 3. The summed E-state index contributed by atoms with van der Waals surface area (Å²) in [6.45, 7) is 11.1. The van der Waals surface area contributed by atoms with Crippen molar-refractivity contribution in [3.8, 4) is 0 Å². The van der Waals surface area contributed by atoms with Crippen LogP contribution in [0.25, 0.3) is 10.9 Å². The van der Waals surface area contributed by atoms with Gasteiger partial charge in [-0.05, 0) is 60.3 Å². The minimum absolute atomic E-state index is 0.121. The summed E-state index contributed by atoms with van der Waals surface area (Å²) >= 11 is 0. The number of ketones is 1. The Morgan fingerprint density at radius 1 is 1.16 bits per heavy atom. The van der Waals surface area contributed by atoms with Crippen LogP contribution >= 0.6 is 0 Å². The molecule has 1 saturated carbocycles. The van der Waals surface area contributed by atoms with Crippen molar-refractivity contribution in [2.75, 3.05) is 6.61 Å². The number of aryl methyl sites for hydroxylation is 2. The Hall–Kier alpha value is -2.74. The van der Waals surface area contributed by atoms with E-state index in [4.69, 9.17) is 4.74 Å². The number of aromatic nitrogens is 1. The third-order valence-corrected chi connectivity index (χ3v) is 10.3. The highest BCUT2D eigenvalue weighted by molar-refractivity contribution is 5.99. The zero-order valence-corrected chi connectivity index (χ0v) is 23.3. The Bertz CT molecular complexity index is 1360. The number of nitrogens with zero attached hydrogens (tertiary/aromatic N) is 1. The normalized spacial score (nSPS) is 36.3. The molecule has 7 nitrogen and oxygen atoms in total. The van der Waals surface area contributed by atoms with Crippen molar-refractivity contribution in [1.29, 1.82) is 0 Å². The highest BCUT2D eigenvalue weighted by atomic mass is 16.6. The highest BCUT2D eigenvalue weighted by Gasteiger charge is 2.73. The molecule has 0 unspecified atom stereocenters. The van der Waals surface area contributed by atoms with Crippen LogP contribution in [-0.4, -0.2) is 56.1 Å². The van der Waals surface area contributed by atoms with Gasteiger partial charge in [0.25, 0.3) is 0 Å². The number of carbonyl (C=O) groups excluding carboxylic acids is 2. The van der Waals surface area contributed by atoms with Gasteiger partial charge in [-0.3, -0.25) is 4.79 Å². The number of allylic oxidation sites excluding steroid dienone is 1. The predicted molar refractivity (Wildman–Crippen MR) is 144 cm³/mol. The van der Waals surface area contributed by atoms with E-state index in [2.05, 4.69) is 6.92 Å². The molecule has 2 bridgehead atoms. The Kier molecular flexibility index (Phi) is 6.10. The van der Waals surface area contributed by atoms with Crippen LogP contribution in [0.1, 0.15) is 57.1 Å². The molecule has 3 aliphatic rings. The Morgan fingerprint density at radius 3 is 2.45 bits per heavy atom. The average Bonchev–Trinajstić information content (AvgIpc) is 3.22. The van der Waals surface area contributed by atoms with Crippen molar-refractivity contribution >= 4 is 22.7 Å². The van der Waals surface area contributed by atoms with Gasteiger partial charge in [-0.25, -0.2) is 4.79 Å². The van der Waals surface area contributed by atoms with Crippen molar-refractivity contribution in [2.45, 2.75) is 65.8 Å². The molecule has 7 atom stereocenters. The molecular formula is C31H39NO6. The minimum Gasteiger partial charge on any atom is -0.450 e. The van der Waals surface area contributed by atoms with E-state index in [0.29, 0.717) is 17.7 Å². The SMILES string of the molecule is CC1=C[C@]23C(=O)[C@@H](C=C(CO)[C@@H](O)[C@]2(O)[C@H]1OC(=O)c1c(C)c2ccccc2n1C)C(C)(C)[C@@H](C)C[C@H]3C. The van der Waals surface area contributed by atoms with Crippen LogP contribution in [0, 0.1) is 35.5 Å². The fourth-order valence-corrected chi connectivity index (χ4v) is 7.69. The second-order valence-corrected chi connectivity index (χ2v) is 12.4. The van der Waals surface area contributed by atoms with E-state index in [1.165, 1.54) is 0 Å². The number of carbonyl (C=O) groups is 2. The molecule has 0 radical (unpaired) electrons. The van der Waals surface area contributed by atoms with Crippen LogP contribution in [0.15, 0.2) is 47.6 Å². The van der Waals surface area contributed by atoms with Crippen molar-refractivity contribution in [2.24, 2.45) is 35.6 Å². The summed E-state index contributed by atoms with van der Waals surface area (Å²) < 4.78 is 7.86.